The smallest absolute Gasteiger partial charge is 0.239 e. The molecule has 21 heavy (non-hydrogen) atoms. The highest BCUT2D eigenvalue weighted by atomic mass is 79.9. The third-order valence-electron chi connectivity index (χ3n) is 2.83. The Morgan fingerprint density at radius 3 is 2.57 bits per heavy atom. The Labute approximate surface area is 134 Å². The Balaban J connectivity index is 2.26. The molecule has 0 N–H and O–H groups in total. The van der Waals surface area contributed by atoms with E-state index in [0.29, 0.717) is 21.9 Å². The molecule has 1 aromatic heterocycles. The van der Waals surface area contributed by atoms with Crippen molar-refractivity contribution < 1.29 is 8.78 Å². The number of thioether (sulfide) groups is 1. The number of halogens is 3. The van der Waals surface area contributed by atoms with Gasteiger partial charge in [-0.05, 0) is 36.2 Å². The van der Waals surface area contributed by atoms with Gasteiger partial charge in [-0.3, -0.25) is 0 Å². The molecular weight excluding hydrogens is 358 g/mol. The number of alkyl halides is 2. The highest BCUT2D eigenvalue weighted by Crippen LogP contribution is 2.29. The van der Waals surface area contributed by atoms with Gasteiger partial charge in [-0.1, -0.05) is 28.1 Å². The van der Waals surface area contributed by atoms with Crippen LogP contribution in [-0.2, 0) is 5.75 Å². The molecule has 0 aliphatic rings. The highest BCUT2D eigenvalue weighted by Gasteiger charge is 2.16. The summed E-state index contributed by atoms with van der Waals surface area (Å²) in [5.41, 5.74) is 1.64. The SMILES string of the molecule is Cc1cc(C(F)F)nc(SCc2ccc(Br)cc2)c1C#N. The van der Waals surface area contributed by atoms with Gasteiger partial charge in [0.1, 0.15) is 16.8 Å². The lowest BCUT2D eigenvalue weighted by atomic mass is 10.1. The number of hydrogen-bond donors (Lipinski definition) is 0. The number of nitrogens with zero attached hydrogens (tertiary/aromatic N) is 2. The van der Waals surface area contributed by atoms with Gasteiger partial charge in [0.2, 0.25) is 0 Å². The average Bonchev–Trinajstić information content (AvgIpc) is 2.46. The molecule has 1 heterocycles. The van der Waals surface area contributed by atoms with Crippen molar-refractivity contribution in [3.63, 3.8) is 0 Å². The van der Waals surface area contributed by atoms with E-state index in [1.54, 1.807) is 6.92 Å². The molecule has 0 unspecified atom stereocenters. The summed E-state index contributed by atoms with van der Waals surface area (Å²) in [6.45, 7) is 1.65. The number of aryl methyl sites for hydroxylation is 1. The molecule has 1 aromatic carbocycles. The summed E-state index contributed by atoms with van der Waals surface area (Å²) >= 11 is 4.65. The van der Waals surface area contributed by atoms with Crippen molar-refractivity contribution in [2.45, 2.75) is 24.1 Å². The van der Waals surface area contributed by atoms with E-state index in [9.17, 15) is 8.78 Å². The van der Waals surface area contributed by atoms with Crippen molar-refractivity contribution in [1.29, 1.82) is 5.26 Å². The van der Waals surface area contributed by atoms with Crippen molar-refractivity contribution >= 4 is 27.7 Å². The second-order valence-corrected chi connectivity index (χ2v) is 6.25. The summed E-state index contributed by atoms with van der Waals surface area (Å²) in [7, 11) is 0. The van der Waals surface area contributed by atoms with Crippen LogP contribution < -0.4 is 0 Å². The van der Waals surface area contributed by atoms with E-state index in [1.165, 1.54) is 17.8 Å². The fourth-order valence-electron chi connectivity index (χ4n) is 1.75. The van der Waals surface area contributed by atoms with E-state index in [2.05, 4.69) is 20.9 Å². The minimum absolute atomic E-state index is 0.287. The van der Waals surface area contributed by atoms with Crippen LogP contribution in [0, 0.1) is 18.3 Å². The molecule has 0 spiro atoms. The average molecular weight is 369 g/mol. The first-order valence-electron chi connectivity index (χ1n) is 6.08. The van der Waals surface area contributed by atoms with Crippen LogP contribution in [0.1, 0.15) is 28.8 Å². The van der Waals surface area contributed by atoms with Gasteiger partial charge in [0, 0.05) is 10.2 Å². The van der Waals surface area contributed by atoms with E-state index < -0.39 is 6.43 Å². The molecule has 6 heteroatoms. The van der Waals surface area contributed by atoms with Crippen molar-refractivity contribution in [2.24, 2.45) is 0 Å². The molecular formula is C15H11BrF2N2S. The molecule has 2 nitrogen and oxygen atoms in total. The summed E-state index contributed by atoms with van der Waals surface area (Å²) in [6.07, 6.45) is -2.64. The number of benzene rings is 1. The number of rotatable bonds is 4. The maximum absolute atomic E-state index is 12.8. The van der Waals surface area contributed by atoms with Gasteiger partial charge < -0.3 is 0 Å². The van der Waals surface area contributed by atoms with Gasteiger partial charge >= 0.3 is 0 Å². The standard InChI is InChI=1S/C15H11BrF2N2S/c1-9-6-13(14(17)18)20-15(12(9)7-19)21-8-10-2-4-11(16)5-3-10/h2-6,14H,8H2,1H3. The lowest BCUT2D eigenvalue weighted by Crippen LogP contribution is -1.98. The Morgan fingerprint density at radius 2 is 2.00 bits per heavy atom. The van der Waals surface area contributed by atoms with Crippen LogP contribution in [0.4, 0.5) is 8.78 Å². The number of pyridine rings is 1. The maximum atomic E-state index is 12.8. The van der Waals surface area contributed by atoms with Crippen molar-refractivity contribution in [2.75, 3.05) is 0 Å². The normalized spacial score (nSPS) is 10.7. The van der Waals surface area contributed by atoms with Crippen LogP contribution >= 0.6 is 27.7 Å². The first-order chi connectivity index (χ1) is 10.0. The number of nitriles is 1. The predicted molar refractivity (Wildman–Crippen MR) is 82.3 cm³/mol. The molecule has 0 saturated heterocycles. The third kappa shape index (κ3) is 4.02. The molecule has 0 aliphatic heterocycles. The molecule has 0 radical (unpaired) electrons. The second-order valence-electron chi connectivity index (χ2n) is 4.37. The largest absolute Gasteiger partial charge is 0.280 e. The Hall–Kier alpha value is -1.45. The Kier molecular flexibility index (Phi) is 5.32. The molecule has 0 atom stereocenters. The first kappa shape index (κ1) is 15.9. The Morgan fingerprint density at radius 1 is 1.33 bits per heavy atom. The molecule has 0 bridgehead atoms. The lowest BCUT2D eigenvalue weighted by molar-refractivity contribution is 0.145. The van der Waals surface area contributed by atoms with Crippen LogP contribution in [0.3, 0.4) is 0 Å². The predicted octanol–water partition coefficient (Wildman–Crippen LogP) is 5.25. The lowest BCUT2D eigenvalue weighted by Gasteiger charge is -2.09. The van der Waals surface area contributed by atoms with Gasteiger partial charge in [-0.2, -0.15) is 5.26 Å². The number of aromatic nitrogens is 1. The van der Waals surface area contributed by atoms with Crippen LogP contribution in [0.25, 0.3) is 0 Å². The topological polar surface area (TPSA) is 36.7 Å². The summed E-state index contributed by atoms with van der Waals surface area (Å²) in [5.74, 6) is 0.571. The van der Waals surface area contributed by atoms with E-state index in [1.807, 2.05) is 30.3 Å². The van der Waals surface area contributed by atoms with Crippen LogP contribution in [0.2, 0.25) is 0 Å². The zero-order valence-electron chi connectivity index (χ0n) is 11.1. The Bertz CT molecular complexity index is 681. The molecule has 2 rings (SSSR count). The molecule has 0 amide bonds. The van der Waals surface area contributed by atoms with Crippen LogP contribution in [0.5, 0.6) is 0 Å². The van der Waals surface area contributed by atoms with Crippen molar-refractivity contribution in [1.82, 2.24) is 4.98 Å². The molecule has 0 aliphatic carbocycles. The maximum Gasteiger partial charge on any atom is 0.280 e. The molecule has 108 valence electrons. The van der Waals surface area contributed by atoms with E-state index in [-0.39, 0.29) is 5.69 Å². The van der Waals surface area contributed by atoms with Crippen LogP contribution in [0.15, 0.2) is 39.8 Å². The summed E-state index contributed by atoms with van der Waals surface area (Å²) in [4.78, 5) is 3.92. The van der Waals surface area contributed by atoms with Crippen molar-refractivity contribution in [3.8, 4) is 6.07 Å². The minimum Gasteiger partial charge on any atom is -0.239 e. The van der Waals surface area contributed by atoms with E-state index >= 15 is 0 Å². The summed E-state index contributed by atoms with van der Waals surface area (Å²) in [6, 6.07) is 11.0. The van der Waals surface area contributed by atoms with Crippen LogP contribution in [-0.4, -0.2) is 4.98 Å². The van der Waals surface area contributed by atoms with Gasteiger partial charge in [-0.25, -0.2) is 13.8 Å². The fraction of sp³-hybridized carbons (Fsp3) is 0.200. The van der Waals surface area contributed by atoms with Gasteiger partial charge in [0.25, 0.3) is 6.43 Å². The zero-order chi connectivity index (χ0) is 15.4. The molecule has 0 fully saturated rings. The summed E-state index contributed by atoms with van der Waals surface area (Å²) < 4.78 is 26.6. The van der Waals surface area contributed by atoms with Gasteiger partial charge in [0.05, 0.1) is 5.56 Å². The summed E-state index contributed by atoms with van der Waals surface area (Å²) in [5, 5.41) is 9.52. The zero-order valence-corrected chi connectivity index (χ0v) is 13.5. The fourth-order valence-corrected chi connectivity index (χ4v) is 3.03. The minimum atomic E-state index is -2.64. The first-order valence-corrected chi connectivity index (χ1v) is 7.86. The second kappa shape index (κ2) is 7.01. The highest BCUT2D eigenvalue weighted by molar-refractivity contribution is 9.10. The molecule has 0 saturated carbocycles. The van der Waals surface area contributed by atoms with Gasteiger partial charge in [-0.15, -0.1) is 11.8 Å². The third-order valence-corrected chi connectivity index (χ3v) is 4.40. The van der Waals surface area contributed by atoms with E-state index in [4.69, 9.17) is 5.26 Å². The van der Waals surface area contributed by atoms with E-state index in [0.717, 1.165) is 10.0 Å². The number of hydrogen-bond acceptors (Lipinski definition) is 3. The quantitative estimate of drug-likeness (QED) is 0.691. The monoisotopic (exact) mass is 368 g/mol. The molecule has 2 aromatic rings. The van der Waals surface area contributed by atoms with Gasteiger partial charge in [0.15, 0.2) is 0 Å². The van der Waals surface area contributed by atoms with Crippen molar-refractivity contribution in [3.05, 3.63) is 57.2 Å².